The fraction of sp³-hybridized carbons (Fsp3) is 0.240. The van der Waals surface area contributed by atoms with Crippen molar-refractivity contribution in [3.63, 3.8) is 0 Å². The SMILES string of the molecule is CC[C@H](NC(=O)c1ccc(N(CC)S(=O)(=O)c2ccccc2)cc1)c1ccccc1C. The summed E-state index contributed by atoms with van der Waals surface area (Å²) in [5.74, 6) is -0.185. The minimum absolute atomic E-state index is 0.0843. The van der Waals surface area contributed by atoms with Gasteiger partial charge < -0.3 is 5.32 Å². The summed E-state index contributed by atoms with van der Waals surface area (Å²) in [5.41, 5.74) is 3.24. The van der Waals surface area contributed by atoms with E-state index in [0.29, 0.717) is 11.3 Å². The summed E-state index contributed by atoms with van der Waals surface area (Å²) in [4.78, 5) is 13.1. The molecule has 0 aliphatic heterocycles. The number of nitrogens with one attached hydrogen (secondary N) is 1. The Bertz CT molecular complexity index is 1130. The lowest BCUT2D eigenvalue weighted by Gasteiger charge is -2.23. The maximum Gasteiger partial charge on any atom is 0.264 e. The average Bonchev–Trinajstić information content (AvgIpc) is 2.79. The standard InChI is InChI=1S/C25H28N2O3S/c1-4-24(23-14-10-9-11-19(23)3)26-25(28)20-15-17-21(18-16-20)27(5-2)31(29,30)22-12-7-6-8-13-22/h6-18,24H,4-5H2,1-3H3,(H,26,28)/t24-/m0/s1. The van der Waals surface area contributed by atoms with Gasteiger partial charge in [0.25, 0.3) is 15.9 Å². The molecule has 0 radical (unpaired) electrons. The Morgan fingerprint density at radius 1 is 0.903 bits per heavy atom. The van der Waals surface area contributed by atoms with Crippen LogP contribution >= 0.6 is 0 Å². The lowest BCUT2D eigenvalue weighted by atomic mass is 9.99. The van der Waals surface area contributed by atoms with Crippen LogP contribution in [0, 0.1) is 6.92 Å². The average molecular weight is 437 g/mol. The Labute approximate surface area is 184 Å². The minimum Gasteiger partial charge on any atom is -0.345 e. The predicted octanol–water partition coefficient (Wildman–Crippen LogP) is 5.09. The quantitative estimate of drug-likeness (QED) is 0.535. The van der Waals surface area contributed by atoms with Crippen LogP contribution in [0.4, 0.5) is 5.69 Å². The second kappa shape index (κ2) is 9.79. The fourth-order valence-electron chi connectivity index (χ4n) is 3.61. The number of amides is 1. The molecule has 1 amide bonds. The normalized spacial score (nSPS) is 12.2. The number of anilines is 1. The molecule has 0 saturated carbocycles. The maximum atomic E-state index is 13.0. The van der Waals surface area contributed by atoms with Crippen LogP contribution in [-0.2, 0) is 10.0 Å². The molecule has 0 fully saturated rings. The van der Waals surface area contributed by atoms with E-state index in [2.05, 4.69) is 5.32 Å². The van der Waals surface area contributed by atoms with Crippen LogP contribution in [0.2, 0.25) is 0 Å². The number of hydrogen-bond donors (Lipinski definition) is 1. The van der Waals surface area contributed by atoms with Crippen molar-refractivity contribution >= 4 is 21.6 Å². The van der Waals surface area contributed by atoms with Crippen LogP contribution < -0.4 is 9.62 Å². The Kier molecular flexibility index (Phi) is 7.13. The number of carbonyl (C=O) groups excluding carboxylic acids is 1. The number of benzene rings is 3. The van der Waals surface area contributed by atoms with Crippen molar-refractivity contribution in [2.24, 2.45) is 0 Å². The van der Waals surface area contributed by atoms with Crippen LogP contribution in [0.25, 0.3) is 0 Å². The van der Waals surface area contributed by atoms with Crippen molar-refractivity contribution < 1.29 is 13.2 Å². The molecule has 0 heterocycles. The zero-order valence-corrected chi connectivity index (χ0v) is 18.9. The largest absolute Gasteiger partial charge is 0.345 e. The van der Waals surface area contributed by atoms with Crippen molar-refractivity contribution in [3.8, 4) is 0 Å². The second-order valence-electron chi connectivity index (χ2n) is 7.32. The summed E-state index contributed by atoms with van der Waals surface area (Å²) >= 11 is 0. The number of hydrogen-bond acceptors (Lipinski definition) is 3. The predicted molar refractivity (Wildman–Crippen MR) is 125 cm³/mol. The molecular formula is C25H28N2O3S. The molecule has 3 aromatic rings. The highest BCUT2D eigenvalue weighted by atomic mass is 32.2. The molecular weight excluding hydrogens is 408 g/mol. The molecule has 0 bridgehead atoms. The van der Waals surface area contributed by atoms with Crippen molar-refractivity contribution in [1.82, 2.24) is 5.32 Å². The Morgan fingerprint density at radius 3 is 2.10 bits per heavy atom. The first-order chi connectivity index (χ1) is 14.9. The molecule has 0 aliphatic rings. The third-order valence-corrected chi connectivity index (χ3v) is 7.23. The second-order valence-corrected chi connectivity index (χ2v) is 9.18. The van der Waals surface area contributed by atoms with E-state index in [1.807, 2.05) is 38.1 Å². The molecule has 3 aromatic carbocycles. The first-order valence-corrected chi connectivity index (χ1v) is 11.9. The van der Waals surface area contributed by atoms with Gasteiger partial charge in [0.05, 0.1) is 16.6 Å². The van der Waals surface area contributed by atoms with E-state index in [1.165, 1.54) is 4.31 Å². The molecule has 1 N–H and O–H groups in total. The van der Waals surface area contributed by atoms with Gasteiger partial charge in [0.1, 0.15) is 0 Å². The van der Waals surface area contributed by atoms with E-state index in [4.69, 9.17) is 0 Å². The summed E-state index contributed by atoms with van der Waals surface area (Å²) in [6.45, 7) is 6.14. The van der Waals surface area contributed by atoms with E-state index in [1.54, 1.807) is 61.5 Å². The Hall–Kier alpha value is -3.12. The first-order valence-electron chi connectivity index (χ1n) is 10.4. The van der Waals surface area contributed by atoms with E-state index in [-0.39, 0.29) is 23.4 Å². The van der Waals surface area contributed by atoms with Crippen LogP contribution in [0.1, 0.15) is 47.8 Å². The Morgan fingerprint density at radius 2 is 1.52 bits per heavy atom. The van der Waals surface area contributed by atoms with E-state index < -0.39 is 10.0 Å². The molecule has 0 aromatic heterocycles. The van der Waals surface area contributed by atoms with Crippen LogP contribution in [-0.4, -0.2) is 20.9 Å². The summed E-state index contributed by atoms with van der Waals surface area (Å²) in [6, 6.07) is 23.0. The van der Waals surface area contributed by atoms with Crippen LogP contribution in [0.5, 0.6) is 0 Å². The lowest BCUT2D eigenvalue weighted by molar-refractivity contribution is 0.0935. The van der Waals surface area contributed by atoms with E-state index >= 15 is 0 Å². The molecule has 3 rings (SSSR count). The van der Waals surface area contributed by atoms with Crippen LogP contribution in [0.3, 0.4) is 0 Å². The third kappa shape index (κ3) is 4.97. The number of nitrogens with zero attached hydrogens (tertiary/aromatic N) is 1. The molecule has 31 heavy (non-hydrogen) atoms. The first kappa shape index (κ1) is 22.6. The van der Waals surface area contributed by atoms with Gasteiger partial charge in [-0.2, -0.15) is 0 Å². The molecule has 162 valence electrons. The summed E-state index contributed by atoms with van der Waals surface area (Å²) in [6.07, 6.45) is 0.771. The Balaban J connectivity index is 1.80. The fourth-order valence-corrected chi connectivity index (χ4v) is 5.10. The van der Waals surface area contributed by atoms with Gasteiger partial charge in [0.2, 0.25) is 0 Å². The van der Waals surface area contributed by atoms with E-state index in [0.717, 1.165) is 17.5 Å². The van der Waals surface area contributed by atoms with Crippen molar-refractivity contribution in [2.75, 3.05) is 10.8 Å². The van der Waals surface area contributed by atoms with Gasteiger partial charge in [0.15, 0.2) is 0 Å². The number of rotatable bonds is 8. The zero-order chi connectivity index (χ0) is 22.4. The molecule has 1 atom stereocenters. The monoisotopic (exact) mass is 436 g/mol. The van der Waals surface area contributed by atoms with Gasteiger partial charge in [-0.3, -0.25) is 9.10 Å². The summed E-state index contributed by atoms with van der Waals surface area (Å²) < 4.78 is 27.3. The van der Waals surface area contributed by atoms with Crippen molar-refractivity contribution in [1.29, 1.82) is 0 Å². The van der Waals surface area contributed by atoms with E-state index in [9.17, 15) is 13.2 Å². The van der Waals surface area contributed by atoms with Gasteiger partial charge in [-0.15, -0.1) is 0 Å². The number of carbonyl (C=O) groups is 1. The lowest BCUT2D eigenvalue weighted by Crippen LogP contribution is -2.31. The minimum atomic E-state index is -3.67. The van der Waals surface area contributed by atoms with Gasteiger partial charge >= 0.3 is 0 Å². The molecule has 0 spiro atoms. The molecule has 0 unspecified atom stereocenters. The number of aryl methyl sites for hydroxylation is 1. The third-order valence-electron chi connectivity index (χ3n) is 5.31. The molecule has 6 heteroatoms. The smallest absolute Gasteiger partial charge is 0.264 e. The van der Waals surface area contributed by atoms with Gasteiger partial charge in [-0.05, 0) is 67.8 Å². The van der Waals surface area contributed by atoms with Crippen LogP contribution in [0.15, 0.2) is 83.8 Å². The summed E-state index contributed by atoms with van der Waals surface area (Å²) in [7, 11) is -3.67. The van der Waals surface area contributed by atoms with Crippen molar-refractivity contribution in [3.05, 3.63) is 95.6 Å². The zero-order valence-electron chi connectivity index (χ0n) is 18.1. The van der Waals surface area contributed by atoms with Gasteiger partial charge in [0, 0.05) is 12.1 Å². The topological polar surface area (TPSA) is 66.5 Å². The highest BCUT2D eigenvalue weighted by Gasteiger charge is 2.23. The van der Waals surface area contributed by atoms with Gasteiger partial charge in [-0.25, -0.2) is 8.42 Å². The number of sulfonamides is 1. The molecule has 5 nitrogen and oxygen atoms in total. The highest BCUT2D eigenvalue weighted by Crippen LogP contribution is 2.25. The molecule has 0 aliphatic carbocycles. The highest BCUT2D eigenvalue weighted by molar-refractivity contribution is 7.92. The maximum absolute atomic E-state index is 13.0. The molecule has 0 saturated heterocycles. The van der Waals surface area contributed by atoms with Crippen molar-refractivity contribution in [2.45, 2.75) is 38.1 Å². The van der Waals surface area contributed by atoms with Gasteiger partial charge in [-0.1, -0.05) is 49.4 Å². The summed E-state index contributed by atoms with van der Waals surface area (Å²) in [5, 5.41) is 3.09.